The van der Waals surface area contributed by atoms with Crippen LogP contribution in [0.4, 0.5) is 0 Å². The van der Waals surface area contributed by atoms with Crippen LogP contribution < -0.4 is 14.8 Å². The van der Waals surface area contributed by atoms with Crippen LogP contribution in [-0.2, 0) is 13.2 Å². The Hall–Kier alpha value is -1.46. The van der Waals surface area contributed by atoms with E-state index in [-0.39, 0.29) is 18.8 Å². The van der Waals surface area contributed by atoms with Crippen LogP contribution in [0.15, 0.2) is 36.4 Å². The second kappa shape index (κ2) is 8.77. The lowest BCUT2D eigenvalue weighted by atomic mass is 10.1. The highest BCUT2D eigenvalue weighted by Gasteiger charge is 2.16. The number of methoxy groups -OCH3 is 1. The molecule has 136 valence electrons. The highest BCUT2D eigenvalue weighted by atomic mass is 35.5. The van der Waals surface area contributed by atoms with E-state index in [4.69, 9.17) is 32.7 Å². The van der Waals surface area contributed by atoms with Crippen LogP contribution in [0.2, 0.25) is 10.0 Å². The van der Waals surface area contributed by atoms with Gasteiger partial charge in [-0.2, -0.15) is 0 Å². The molecule has 2 N–H and O–H groups in total. The Balaban J connectivity index is 2.09. The van der Waals surface area contributed by atoms with Crippen molar-refractivity contribution in [2.45, 2.75) is 32.5 Å². The minimum Gasteiger partial charge on any atom is -0.493 e. The van der Waals surface area contributed by atoms with Crippen LogP contribution in [0, 0.1) is 0 Å². The molecule has 6 heteroatoms. The molecule has 0 saturated carbocycles. The molecule has 0 bridgehead atoms. The molecule has 0 aromatic heterocycles. The molecule has 0 fully saturated rings. The van der Waals surface area contributed by atoms with E-state index in [1.54, 1.807) is 25.3 Å². The lowest BCUT2D eigenvalue weighted by Gasteiger charge is -2.23. The van der Waals surface area contributed by atoms with Gasteiger partial charge in [0.1, 0.15) is 6.61 Å². The first kappa shape index (κ1) is 19.9. The van der Waals surface area contributed by atoms with Gasteiger partial charge in [-0.3, -0.25) is 0 Å². The van der Waals surface area contributed by atoms with Crippen molar-refractivity contribution in [3.8, 4) is 11.5 Å². The van der Waals surface area contributed by atoms with E-state index < -0.39 is 0 Å². The molecule has 2 aromatic rings. The summed E-state index contributed by atoms with van der Waals surface area (Å²) in [5.41, 5.74) is 1.42. The van der Waals surface area contributed by atoms with Crippen molar-refractivity contribution < 1.29 is 14.6 Å². The van der Waals surface area contributed by atoms with Gasteiger partial charge in [-0.1, -0.05) is 35.3 Å². The van der Waals surface area contributed by atoms with E-state index in [2.05, 4.69) is 5.32 Å². The highest BCUT2D eigenvalue weighted by molar-refractivity contribution is 6.35. The van der Waals surface area contributed by atoms with Crippen LogP contribution in [0.3, 0.4) is 0 Å². The highest BCUT2D eigenvalue weighted by Crippen LogP contribution is 2.31. The summed E-state index contributed by atoms with van der Waals surface area (Å²) in [4.78, 5) is 0. The summed E-state index contributed by atoms with van der Waals surface area (Å²) in [6.45, 7) is 4.80. The van der Waals surface area contributed by atoms with Gasteiger partial charge in [0.15, 0.2) is 11.5 Å². The lowest BCUT2D eigenvalue weighted by molar-refractivity contribution is 0.187. The zero-order chi connectivity index (χ0) is 18.4. The van der Waals surface area contributed by atoms with Crippen molar-refractivity contribution in [1.82, 2.24) is 5.32 Å². The van der Waals surface area contributed by atoms with Crippen molar-refractivity contribution in [3.05, 3.63) is 57.6 Å². The zero-order valence-electron chi connectivity index (χ0n) is 14.6. The maximum Gasteiger partial charge on any atom is 0.161 e. The maximum absolute atomic E-state index is 9.31. The molecule has 0 atom stereocenters. The van der Waals surface area contributed by atoms with Crippen molar-refractivity contribution >= 4 is 23.2 Å². The molecule has 0 aliphatic heterocycles. The Labute approximate surface area is 158 Å². The standard InChI is InChI=1S/C19H23Cl2NO3/c1-19(2,12-23)22-10-13-7-8-17(18(9-13)24-3)25-11-14-15(20)5-4-6-16(14)21/h4-9,22-23H,10-12H2,1-3H3. The molecule has 0 spiro atoms. The summed E-state index contributed by atoms with van der Waals surface area (Å²) in [7, 11) is 1.60. The monoisotopic (exact) mass is 383 g/mol. The lowest BCUT2D eigenvalue weighted by Crippen LogP contribution is -2.42. The topological polar surface area (TPSA) is 50.7 Å². The Morgan fingerprint density at radius 2 is 1.76 bits per heavy atom. The molecule has 0 saturated heterocycles. The molecule has 25 heavy (non-hydrogen) atoms. The zero-order valence-corrected chi connectivity index (χ0v) is 16.1. The third kappa shape index (κ3) is 5.51. The summed E-state index contributed by atoms with van der Waals surface area (Å²) >= 11 is 12.3. The van der Waals surface area contributed by atoms with Gasteiger partial charge >= 0.3 is 0 Å². The minimum atomic E-state index is -0.344. The van der Waals surface area contributed by atoms with Gasteiger partial charge in [0.2, 0.25) is 0 Å². The van der Waals surface area contributed by atoms with Gasteiger partial charge in [0, 0.05) is 27.7 Å². The normalized spacial score (nSPS) is 11.4. The van der Waals surface area contributed by atoms with Gasteiger partial charge in [-0.25, -0.2) is 0 Å². The Morgan fingerprint density at radius 1 is 1.08 bits per heavy atom. The molecule has 0 unspecified atom stereocenters. The number of hydrogen-bond donors (Lipinski definition) is 2. The summed E-state index contributed by atoms with van der Waals surface area (Å²) in [6.07, 6.45) is 0. The number of nitrogens with one attached hydrogen (secondary N) is 1. The second-order valence-electron chi connectivity index (χ2n) is 6.37. The largest absolute Gasteiger partial charge is 0.493 e. The van der Waals surface area contributed by atoms with Crippen LogP contribution in [0.5, 0.6) is 11.5 Å². The Bertz CT molecular complexity index is 700. The SMILES string of the molecule is COc1cc(CNC(C)(C)CO)ccc1OCc1c(Cl)cccc1Cl. The van der Waals surface area contributed by atoms with Crippen molar-refractivity contribution in [2.75, 3.05) is 13.7 Å². The Morgan fingerprint density at radius 3 is 2.36 bits per heavy atom. The number of aliphatic hydroxyl groups is 1. The number of ether oxygens (including phenoxy) is 2. The first-order chi connectivity index (χ1) is 11.9. The molecule has 2 rings (SSSR count). The minimum absolute atomic E-state index is 0.0594. The van der Waals surface area contributed by atoms with E-state index in [9.17, 15) is 5.11 Å². The molecule has 0 aliphatic carbocycles. The van der Waals surface area contributed by atoms with Crippen molar-refractivity contribution in [1.29, 1.82) is 0 Å². The van der Waals surface area contributed by atoms with Gasteiger partial charge in [0.05, 0.1) is 13.7 Å². The predicted molar refractivity (Wildman–Crippen MR) is 102 cm³/mol. The van der Waals surface area contributed by atoms with Gasteiger partial charge < -0.3 is 19.9 Å². The number of rotatable bonds is 8. The van der Waals surface area contributed by atoms with Crippen LogP contribution in [0.1, 0.15) is 25.0 Å². The van der Waals surface area contributed by atoms with Crippen molar-refractivity contribution in [2.24, 2.45) is 0 Å². The van der Waals surface area contributed by atoms with Crippen LogP contribution >= 0.6 is 23.2 Å². The first-order valence-corrected chi connectivity index (χ1v) is 8.70. The molecule has 2 aromatic carbocycles. The molecular formula is C19H23Cl2NO3. The average molecular weight is 384 g/mol. The van der Waals surface area contributed by atoms with E-state index >= 15 is 0 Å². The van der Waals surface area contributed by atoms with Gasteiger partial charge in [-0.15, -0.1) is 0 Å². The van der Waals surface area contributed by atoms with E-state index in [0.29, 0.717) is 28.1 Å². The fourth-order valence-electron chi connectivity index (χ4n) is 2.16. The third-order valence-electron chi connectivity index (χ3n) is 3.83. The second-order valence-corrected chi connectivity index (χ2v) is 7.18. The molecule has 4 nitrogen and oxygen atoms in total. The molecule has 0 heterocycles. The quantitative estimate of drug-likeness (QED) is 0.707. The van der Waals surface area contributed by atoms with Gasteiger partial charge in [-0.05, 0) is 43.7 Å². The summed E-state index contributed by atoms with van der Waals surface area (Å²) in [6, 6.07) is 11.1. The molecular weight excluding hydrogens is 361 g/mol. The fraction of sp³-hybridized carbons (Fsp3) is 0.368. The van der Waals surface area contributed by atoms with Crippen LogP contribution in [-0.4, -0.2) is 24.4 Å². The van der Waals surface area contributed by atoms with Crippen LogP contribution in [0.25, 0.3) is 0 Å². The number of aliphatic hydroxyl groups excluding tert-OH is 1. The average Bonchev–Trinajstić information content (AvgIpc) is 2.60. The molecule has 0 aliphatic rings. The predicted octanol–water partition coefficient (Wildman–Crippen LogP) is 4.44. The Kier molecular flexibility index (Phi) is 6.96. The fourth-order valence-corrected chi connectivity index (χ4v) is 2.67. The van der Waals surface area contributed by atoms with E-state index in [1.807, 2.05) is 32.0 Å². The van der Waals surface area contributed by atoms with E-state index in [1.165, 1.54) is 0 Å². The molecule has 0 amide bonds. The van der Waals surface area contributed by atoms with E-state index in [0.717, 1.165) is 11.1 Å². The first-order valence-electron chi connectivity index (χ1n) is 7.95. The molecule has 0 radical (unpaired) electrons. The van der Waals surface area contributed by atoms with Crippen molar-refractivity contribution in [3.63, 3.8) is 0 Å². The smallest absolute Gasteiger partial charge is 0.161 e. The third-order valence-corrected chi connectivity index (χ3v) is 4.54. The number of halogens is 2. The summed E-state index contributed by atoms with van der Waals surface area (Å²) < 4.78 is 11.3. The summed E-state index contributed by atoms with van der Waals surface area (Å²) in [5.74, 6) is 1.24. The van der Waals surface area contributed by atoms with Gasteiger partial charge in [0.25, 0.3) is 0 Å². The number of hydrogen-bond acceptors (Lipinski definition) is 4. The summed E-state index contributed by atoms with van der Waals surface area (Å²) in [5, 5.41) is 13.7. The number of benzene rings is 2. The maximum atomic E-state index is 9.31.